The van der Waals surface area contributed by atoms with Crippen LogP contribution < -0.4 is 20.7 Å². The zero-order valence-corrected chi connectivity index (χ0v) is 20.0. The molecule has 0 N–H and O–H groups in total. The smallest absolute Gasteiger partial charge is 0.344 e. The van der Waals surface area contributed by atoms with Crippen molar-refractivity contribution in [3.63, 3.8) is 0 Å². The predicted octanol–water partition coefficient (Wildman–Crippen LogP) is 5.58. The van der Waals surface area contributed by atoms with E-state index in [1.165, 1.54) is 6.07 Å². The van der Waals surface area contributed by atoms with Gasteiger partial charge in [0.05, 0.1) is 18.2 Å². The number of hydrogen-bond acceptors (Lipinski definition) is 7. The van der Waals surface area contributed by atoms with Crippen molar-refractivity contribution in [1.82, 2.24) is 4.90 Å². The number of methoxy groups -OCH3 is 1. The van der Waals surface area contributed by atoms with Gasteiger partial charge in [0.1, 0.15) is 29.4 Å². The van der Waals surface area contributed by atoms with Crippen LogP contribution in [-0.4, -0.2) is 18.7 Å². The van der Waals surface area contributed by atoms with Gasteiger partial charge in [-0.1, -0.05) is 29.8 Å². The Morgan fingerprint density at radius 3 is 2.69 bits per heavy atom. The van der Waals surface area contributed by atoms with Crippen LogP contribution in [0, 0.1) is 0 Å². The highest BCUT2D eigenvalue weighted by molar-refractivity contribution is 6.31. The molecular formula is C28H20ClNO6. The van der Waals surface area contributed by atoms with Gasteiger partial charge in [-0.2, -0.15) is 0 Å². The van der Waals surface area contributed by atoms with Crippen LogP contribution in [0.15, 0.2) is 85.2 Å². The maximum absolute atomic E-state index is 12.9. The fraction of sp³-hybridized carbons (Fsp3) is 0.143. The Balaban J connectivity index is 1.46. The molecule has 0 radical (unpaired) electrons. The summed E-state index contributed by atoms with van der Waals surface area (Å²) in [6.45, 7) is 1.44. The number of ether oxygens (including phenoxy) is 2. The van der Waals surface area contributed by atoms with Gasteiger partial charge in [-0.05, 0) is 42.5 Å². The van der Waals surface area contributed by atoms with Crippen molar-refractivity contribution in [3.05, 3.63) is 104 Å². The van der Waals surface area contributed by atoms with Crippen molar-refractivity contribution >= 4 is 33.5 Å². The molecule has 8 heteroatoms. The molecule has 6 rings (SSSR count). The van der Waals surface area contributed by atoms with Gasteiger partial charge in [0.25, 0.3) is 0 Å². The van der Waals surface area contributed by atoms with Crippen LogP contribution >= 0.6 is 11.6 Å². The number of para-hydroxylation sites is 1. The minimum atomic E-state index is -0.571. The molecule has 0 atom stereocenters. The Kier molecular flexibility index (Phi) is 5.51. The minimum Gasteiger partial charge on any atom is -0.496 e. The zero-order chi connectivity index (χ0) is 24.8. The lowest BCUT2D eigenvalue weighted by molar-refractivity contribution is 0.0882. The van der Waals surface area contributed by atoms with Crippen LogP contribution in [0.5, 0.6) is 11.5 Å². The molecule has 5 aromatic rings. The van der Waals surface area contributed by atoms with E-state index in [4.69, 9.17) is 29.9 Å². The summed E-state index contributed by atoms with van der Waals surface area (Å²) in [7, 11) is 1.64. The van der Waals surface area contributed by atoms with Crippen molar-refractivity contribution in [2.24, 2.45) is 0 Å². The van der Waals surface area contributed by atoms with Gasteiger partial charge in [-0.15, -0.1) is 0 Å². The predicted molar refractivity (Wildman–Crippen MR) is 137 cm³/mol. The Morgan fingerprint density at radius 2 is 1.83 bits per heavy atom. The van der Waals surface area contributed by atoms with Crippen LogP contribution in [-0.2, 0) is 13.1 Å². The molecule has 1 aliphatic heterocycles. The van der Waals surface area contributed by atoms with E-state index in [1.807, 2.05) is 30.3 Å². The summed E-state index contributed by atoms with van der Waals surface area (Å²) in [6.07, 6.45) is 0. The summed E-state index contributed by atoms with van der Waals surface area (Å²) in [6, 6.07) is 19.4. The van der Waals surface area contributed by atoms with Crippen LogP contribution in [0.25, 0.3) is 33.1 Å². The van der Waals surface area contributed by atoms with Crippen molar-refractivity contribution in [2.75, 3.05) is 13.8 Å². The highest BCUT2D eigenvalue weighted by atomic mass is 35.5. The molecule has 1 aliphatic rings. The lowest BCUT2D eigenvalue weighted by Gasteiger charge is -2.29. The maximum Gasteiger partial charge on any atom is 0.344 e. The first-order chi connectivity index (χ1) is 17.5. The summed E-state index contributed by atoms with van der Waals surface area (Å²) in [5.41, 5.74) is 2.11. The lowest BCUT2D eigenvalue weighted by Crippen LogP contribution is -2.31. The van der Waals surface area contributed by atoms with Gasteiger partial charge < -0.3 is 18.3 Å². The lowest BCUT2D eigenvalue weighted by atomic mass is 9.99. The molecule has 0 bridgehead atoms. The normalized spacial score (nSPS) is 13.5. The number of rotatable bonds is 4. The molecule has 3 heterocycles. The molecule has 0 spiro atoms. The topological polar surface area (TPSA) is 82.1 Å². The fourth-order valence-electron chi connectivity index (χ4n) is 4.66. The molecule has 2 aromatic heterocycles. The highest BCUT2D eigenvalue weighted by Crippen LogP contribution is 2.36. The summed E-state index contributed by atoms with van der Waals surface area (Å²) >= 11 is 6.14. The third-order valence-corrected chi connectivity index (χ3v) is 6.56. The molecule has 7 nitrogen and oxygen atoms in total. The molecule has 36 heavy (non-hydrogen) atoms. The van der Waals surface area contributed by atoms with Crippen LogP contribution in [0.1, 0.15) is 11.1 Å². The van der Waals surface area contributed by atoms with Gasteiger partial charge in [0, 0.05) is 46.1 Å². The molecule has 0 fully saturated rings. The first-order valence-electron chi connectivity index (χ1n) is 11.3. The highest BCUT2D eigenvalue weighted by Gasteiger charge is 2.24. The first kappa shape index (κ1) is 22.4. The van der Waals surface area contributed by atoms with Crippen molar-refractivity contribution in [2.45, 2.75) is 13.1 Å². The Morgan fingerprint density at radius 1 is 0.972 bits per heavy atom. The average Bonchev–Trinajstić information content (AvgIpc) is 2.88. The molecular weight excluding hydrogens is 482 g/mol. The van der Waals surface area contributed by atoms with Gasteiger partial charge in [0.2, 0.25) is 0 Å². The molecule has 180 valence electrons. The number of halogens is 1. The van der Waals surface area contributed by atoms with Gasteiger partial charge in [-0.25, -0.2) is 9.59 Å². The molecule has 3 aromatic carbocycles. The first-order valence-corrected chi connectivity index (χ1v) is 11.7. The van der Waals surface area contributed by atoms with Crippen molar-refractivity contribution < 1.29 is 18.3 Å². The van der Waals surface area contributed by atoms with E-state index in [0.717, 1.165) is 16.9 Å². The third-order valence-electron chi connectivity index (χ3n) is 6.33. The molecule has 0 amide bonds. The van der Waals surface area contributed by atoms with Crippen LogP contribution in [0.3, 0.4) is 0 Å². The zero-order valence-electron chi connectivity index (χ0n) is 19.2. The molecule has 0 saturated heterocycles. The van der Waals surface area contributed by atoms with E-state index in [-0.39, 0.29) is 5.56 Å². The standard InChI is InChI=1S/C28H20ClNO6/c1-33-23-5-3-2-4-16(23)13-30-14-22-25(34-15-30)9-7-19-20(12-26(31)36-27(19)22)21-11-17-10-18(29)6-8-24(17)35-28(21)32/h2-12H,13-15H2,1H3. The number of benzene rings is 3. The monoisotopic (exact) mass is 501 g/mol. The van der Waals surface area contributed by atoms with Crippen molar-refractivity contribution in [1.29, 1.82) is 0 Å². The van der Waals surface area contributed by atoms with E-state index in [2.05, 4.69) is 4.90 Å². The van der Waals surface area contributed by atoms with Crippen LogP contribution in [0.2, 0.25) is 5.02 Å². The molecule has 0 unspecified atom stereocenters. The quantitative estimate of drug-likeness (QED) is 0.297. The largest absolute Gasteiger partial charge is 0.496 e. The van der Waals surface area contributed by atoms with E-state index in [9.17, 15) is 9.59 Å². The second-order valence-electron chi connectivity index (χ2n) is 8.60. The fourth-order valence-corrected chi connectivity index (χ4v) is 4.84. The summed E-state index contributed by atoms with van der Waals surface area (Å²) in [5, 5.41) is 1.79. The number of nitrogens with zero attached hydrogens (tertiary/aromatic N) is 1. The number of fused-ring (bicyclic) bond motifs is 4. The third kappa shape index (κ3) is 3.92. The van der Waals surface area contributed by atoms with Crippen molar-refractivity contribution in [3.8, 4) is 22.6 Å². The Hall–Kier alpha value is -4.07. The second-order valence-corrected chi connectivity index (χ2v) is 9.04. The SMILES string of the molecule is COc1ccccc1CN1COc2ccc3c(-c4cc5cc(Cl)ccc5oc4=O)cc(=O)oc3c2C1. The van der Waals surface area contributed by atoms with E-state index in [1.54, 1.807) is 37.4 Å². The van der Waals surface area contributed by atoms with E-state index < -0.39 is 11.3 Å². The number of hydrogen-bond donors (Lipinski definition) is 0. The second kappa shape index (κ2) is 8.86. The molecule has 0 aliphatic carbocycles. The van der Waals surface area contributed by atoms with E-state index in [0.29, 0.717) is 58.1 Å². The van der Waals surface area contributed by atoms with Gasteiger partial charge in [-0.3, -0.25) is 4.90 Å². The summed E-state index contributed by atoms with van der Waals surface area (Å²) in [5.74, 6) is 1.43. The summed E-state index contributed by atoms with van der Waals surface area (Å²) in [4.78, 5) is 27.6. The van der Waals surface area contributed by atoms with Crippen LogP contribution in [0.4, 0.5) is 0 Å². The summed E-state index contributed by atoms with van der Waals surface area (Å²) < 4.78 is 22.7. The Labute approximate surface area is 210 Å². The van der Waals surface area contributed by atoms with Gasteiger partial charge >= 0.3 is 11.3 Å². The Bertz CT molecular complexity index is 1760. The van der Waals surface area contributed by atoms with E-state index >= 15 is 0 Å². The van der Waals surface area contributed by atoms with Gasteiger partial charge in [0.15, 0.2) is 0 Å². The minimum absolute atomic E-state index is 0.255. The average molecular weight is 502 g/mol. The molecule has 0 saturated carbocycles. The maximum atomic E-state index is 12.9.